The van der Waals surface area contributed by atoms with Crippen molar-refractivity contribution in [1.29, 1.82) is 5.26 Å². The lowest BCUT2D eigenvalue weighted by atomic mass is 10.2. The lowest BCUT2D eigenvalue weighted by molar-refractivity contribution is -0.116. The number of nitriles is 1. The highest BCUT2D eigenvalue weighted by atomic mass is 16.1. The second kappa shape index (κ2) is 6.27. The van der Waals surface area contributed by atoms with Crippen LogP contribution in [0.3, 0.4) is 0 Å². The third kappa shape index (κ3) is 3.86. The average molecular weight is 212 g/mol. The Morgan fingerprint density at radius 2 is 2.06 bits per heavy atom. The summed E-state index contributed by atoms with van der Waals surface area (Å²) >= 11 is 0. The van der Waals surface area contributed by atoms with Crippen molar-refractivity contribution in [2.75, 3.05) is 5.32 Å². The minimum absolute atomic E-state index is 0.0124. The molecule has 0 unspecified atom stereocenters. The molecule has 1 N–H and O–H groups in total. The van der Waals surface area contributed by atoms with Crippen molar-refractivity contribution in [2.24, 2.45) is 0 Å². The van der Waals surface area contributed by atoms with E-state index in [9.17, 15) is 4.79 Å². The van der Waals surface area contributed by atoms with Crippen LogP contribution in [0.15, 0.2) is 24.3 Å². The molecule has 1 rings (SSSR count). The topological polar surface area (TPSA) is 52.9 Å². The monoisotopic (exact) mass is 212 g/mol. The Balaban J connectivity index is 2.65. The summed E-state index contributed by atoms with van der Waals surface area (Å²) in [5, 5.41) is 11.1. The second-order valence-electron chi connectivity index (χ2n) is 3.24. The number of nitrogens with one attached hydrogen (secondary N) is 1. The van der Waals surface area contributed by atoms with E-state index in [4.69, 9.17) is 5.26 Å². The van der Waals surface area contributed by atoms with E-state index in [0.29, 0.717) is 6.42 Å². The van der Waals surface area contributed by atoms with Crippen molar-refractivity contribution in [3.8, 4) is 17.9 Å². The summed E-state index contributed by atoms with van der Waals surface area (Å²) in [4.78, 5) is 11.3. The molecule has 0 aliphatic rings. The first-order chi connectivity index (χ1) is 7.76. The van der Waals surface area contributed by atoms with Crippen LogP contribution in [0.5, 0.6) is 0 Å². The fourth-order valence-corrected chi connectivity index (χ4v) is 1.19. The van der Waals surface area contributed by atoms with E-state index in [1.165, 1.54) is 0 Å². The van der Waals surface area contributed by atoms with E-state index >= 15 is 0 Å². The van der Waals surface area contributed by atoms with Crippen LogP contribution < -0.4 is 5.32 Å². The number of carbonyl (C=O) groups excluding carboxylic acids is 1. The first kappa shape index (κ1) is 11.8. The van der Waals surface area contributed by atoms with Crippen LogP contribution in [0.25, 0.3) is 0 Å². The van der Waals surface area contributed by atoms with Crippen LogP contribution in [0.2, 0.25) is 0 Å². The van der Waals surface area contributed by atoms with Gasteiger partial charge in [0, 0.05) is 23.6 Å². The maximum atomic E-state index is 11.3. The number of carbonyl (C=O) groups is 1. The van der Waals surface area contributed by atoms with Crippen LogP contribution in [-0.2, 0) is 4.79 Å². The Labute approximate surface area is 95.1 Å². The molecule has 3 nitrogen and oxygen atoms in total. The lowest BCUT2D eigenvalue weighted by Crippen LogP contribution is -2.10. The molecule has 0 aromatic heterocycles. The number of amides is 1. The van der Waals surface area contributed by atoms with Crippen molar-refractivity contribution >= 4 is 11.6 Å². The van der Waals surface area contributed by atoms with E-state index in [-0.39, 0.29) is 5.91 Å². The molecule has 0 spiro atoms. The Morgan fingerprint density at radius 1 is 1.38 bits per heavy atom. The SMILES string of the molecule is CCCC(=O)Nc1ccc(C#CC#N)cc1. The second-order valence-corrected chi connectivity index (χ2v) is 3.24. The maximum Gasteiger partial charge on any atom is 0.224 e. The summed E-state index contributed by atoms with van der Waals surface area (Å²) in [6.45, 7) is 1.96. The first-order valence-corrected chi connectivity index (χ1v) is 5.06. The van der Waals surface area contributed by atoms with Crippen LogP contribution >= 0.6 is 0 Å². The predicted molar refractivity (Wildman–Crippen MR) is 62.5 cm³/mol. The highest BCUT2D eigenvalue weighted by molar-refractivity contribution is 5.90. The van der Waals surface area contributed by atoms with Gasteiger partial charge in [-0.1, -0.05) is 12.8 Å². The standard InChI is InChI=1S/C13H12N2O/c1-2-4-13(16)15-12-8-6-11(7-9-12)5-3-10-14/h6-9H,2,4H2,1H3,(H,15,16). The third-order valence-electron chi connectivity index (χ3n) is 1.91. The summed E-state index contributed by atoms with van der Waals surface area (Å²) in [6.07, 6.45) is 1.35. The number of hydrogen-bond donors (Lipinski definition) is 1. The Bertz CT molecular complexity index is 457. The quantitative estimate of drug-likeness (QED) is 0.781. The Kier molecular flexibility index (Phi) is 4.63. The normalized spacial score (nSPS) is 8.50. The van der Waals surface area contributed by atoms with Gasteiger partial charge in [-0.2, -0.15) is 5.26 Å². The van der Waals surface area contributed by atoms with Gasteiger partial charge in [0.25, 0.3) is 0 Å². The minimum atomic E-state index is 0.0124. The molecule has 0 radical (unpaired) electrons. The average Bonchev–Trinajstić information content (AvgIpc) is 2.28. The number of anilines is 1. The van der Waals surface area contributed by atoms with Gasteiger partial charge >= 0.3 is 0 Å². The fourth-order valence-electron chi connectivity index (χ4n) is 1.19. The van der Waals surface area contributed by atoms with Gasteiger partial charge in [-0.05, 0) is 30.7 Å². The number of rotatable bonds is 3. The number of nitrogens with zero attached hydrogens (tertiary/aromatic N) is 1. The Morgan fingerprint density at radius 3 is 2.62 bits per heavy atom. The molecule has 16 heavy (non-hydrogen) atoms. The molecule has 1 aromatic rings. The van der Waals surface area contributed by atoms with Gasteiger partial charge < -0.3 is 5.32 Å². The van der Waals surface area contributed by atoms with Crippen LogP contribution in [0.1, 0.15) is 25.3 Å². The van der Waals surface area contributed by atoms with Crippen molar-refractivity contribution in [3.63, 3.8) is 0 Å². The van der Waals surface area contributed by atoms with Crippen LogP contribution in [0, 0.1) is 23.2 Å². The van der Waals surface area contributed by atoms with E-state index in [0.717, 1.165) is 17.7 Å². The molecule has 0 aliphatic carbocycles. The number of hydrogen-bond acceptors (Lipinski definition) is 2. The molecule has 1 aromatic carbocycles. The predicted octanol–water partition coefficient (Wildman–Crippen LogP) is 2.30. The van der Waals surface area contributed by atoms with E-state index in [2.05, 4.69) is 17.2 Å². The van der Waals surface area contributed by atoms with E-state index in [1.807, 2.05) is 6.92 Å². The molecule has 0 saturated carbocycles. The van der Waals surface area contributed by atoms with Crippen molar-refractivity contribution in [1.82, 2.24) is 0 Å². The summed E-state index contributed by atoms with van der Waals surface area (Å²) in [6, 6.07) is 8.83. The summed E-state index contributed by atoms with van der Waals surface area (Å²) in [5.41, 5.74) is 1.51. The van der Waals surface area contributed by atoms with Crippen LogP contribution in [0.4, 0.5) is 5.69 Å². The van der Waals surface area contributed by atoms with Crippen molar-refractivity contribution < 1.29 is 4.79 Å². The minimum Gasteiger partial charge on any atom is -0.326 e. The van der Waals surface area contributed by atoms with Gasteiger partial charge in [-0.3, -0.25) is 4.79 Å². The molecule has 0 heterocycles. The van der Waals surface area contributed by atoms with Gasteiger partial charge in [-0.25, -0.2) is 0 Å². The molecule has 0 aliphatic heterocycles. The van der Waals surface area contributed by atoms with Crippen molar-refractivity contribution in [2.45, 2.75) is 19.8 Å². The van der Waals surface area contributed by atoms with E-state index in [1.54, 1.807) is 30.3 Å². The highest BCUT2D eigenvalue weighted by Gasteiger charge is 1.99. The zero-order valence-electron chi connectivity index (χ0n) is 9.08. The maximum absolute atomic E-state index is 11.3. The van der Waals surface area contributed by atoms with Gasteiger partial charge in [0.05, 0.1) is 0 Å². The zero-order chi connectivity index (χ0) is 11.8. The smallest absolute Gasteiger partial charge is 0.224 e. The van der Waals surface area contributed by atoms with Gasteiger partial charge in [0.2, 0.25) is 5.91 Å². The summed E-state index contributed by atoms with van der Waals surface area (Å²) in [5.74, 6) is 5.00. The molecular formula is C13H12N2O. The zero-order valence-corrected chi connectivity index (χ0v) is 9.08. The van der Waals surface area contributed by atoms with Gasteiger partial charge in [0.1, 0.15) is 0 Å². The molecule has 0 bridgehead atoms. The Hall–Kier alpha value is -2.26. The fraction of sp³-hybridized carbons (Fsp3) is 0.231. The van der Waals surface area contributed by atoms with E-state index < -0.39 is 0 Å². The highest BCUT2D eigenvalue weighted by Crippen LogP contribution is 2.09. The summed E-state index contributed by atoms with van der Waals surface area (Å²) in [7, 11) is 0. The molecule has 0 fully saturated rings. The molecule has 1 amide bonds. The first-order valence-electron chi connectivity index (χ1n) is 5.06. The molecular weight excluding hydrogens is 200 g/mol. The van der Waals surface area contributed by atoms with Gasteiger partial charge in [0.15, 0.2) is 6.07 Å². The molecule has 3 heteroatoms. The number of benzene rings is 1. The third-order valence-corrected chi connectivity index (χ3v) is 1.91. The molecule has 0 saturated heterocycles. The van der Waals surface area contributed by atoms with Crippen molar-refractivity contribution in [3.05, 3.63) is 29.8 Å². The lowest BCUT2D eigenvalue weighted by Gasteiger charge is -2.03. The molecule has 0 atom stereocenters. The summed E-state index contributed by atoms with van der Waals surface area (Å²) < 4.78 is 0. The van der Waals surface area contributed by atoms with Crippen LogP contribution in [-0.4, -0.2) is 5.91 Å². The largest absolute Gasteiger partial charge is 0.326 e. The van der Waals surface area contributed by atoms with Gasteiger partial charge in [-0.15, -0.1) is 0 Å². The molecule has 80 valence electrons.